The number of unbranched alkanes of at least 4 members (excludes halogenated alkanes) is 1. The van der Waals surface area contributed by atoms with E-state index >= 15 is 0 Å². The van der Waals surface area contributed by atoms with Crippen molar-refractivity contribution in [2.75, 3.05) is 26.9 Å². The molecule has 0 saturated carbocycles. The first-order valence-corrected chi connectivity index (χ1v) is 6.83. The highest BCUT2D eigenvalue weighted by atomic mass is 16.5. The lowest BCUT2D eigenvalue weighted by Crippen LogP contribution is -2.12. The van der Waals surface area contributed by atoms with Gasteiger partial charge in [-0.2, -0.15) is 0 Å². The number of ether oxygens (including phenoxy) is 3. The zero-order chi connectivity index (χ0) is 14.1. The van der Waals surface area contributed by atoms with Crippen LogP contribution in [-0.2, 0) is 4.74 Å². The molecule has 1 aromatic carbocycles. The molecule has 0 aliphatic rings. The molecular formula is C15H25NO3. The van der Waals surface area contributed by atoms with Gasteiger partial charge in [0.15, 0.2) is 0 Å². The minimum absolute atomic E-state index is 0.132. The molecule has 1 rings (SSSR count). The molecule has 0 amide bonds. The maximum atomic E-state index is 5.97. The number of benzene rings is 1. The summed E-state index contributed by atoms with van der Waals surface area (Å²) in [6.45, 7) is 5.97. The summed E-state index contributed by atoms with van der Waals surface area (Å²) in [4.78, 5) is 0. The molecular weight excluding hydrogens is 242 g/mol. The van der Waals surface area contributed by atoms with E-state index in [0.29, 0.717) is 13.2 Å². The molecule has 4 heteroatoms. The molecule has 0 aromatic heterocycles. The van der Waals surface area contributed by atoms with E-state index in [1.165, 1.54) is 0 Å². The maximum absolute atomic E-state index is 5.97. The Morgan fingerprint density at radius 3 is 2.53 bits per heavy atom. The average molecular weight is 267 g/mol. The summed E-state index contributed by atoms with van der Waals surface area (Å²) in [5.74, 6) is 1.54. The Morgan fingerprint density at radius 1 is 1.16 bits per heavy atom. The molecule has 0 saturated heterocycles. The third kappa shape index (κ3) is 5.09. The van der Waals surface area contributed by atoms with Gasteiger partial charge in [0.25, 0.3) is 0 Å². The van der Waals surface area contributed by atoms with Crippen molar-refractivity contribution in [3.63, 3.8) is 0 Å². The predicted octanol–water partition coefficient (Wildman–Crippen LogP) is 2.91. The van der Waals surface area contributed by atoms with Crippen LogP contribution in [0.1, 0.15) is 38.3 Å². The molecule has 1 aromatic rings. The highest BCUT2D eigenvalue weighted by Crippen LogP contribution is 2.32. The number of rotatable bonds is 9. The van der Waals surface area contributed by atoms with Crippen LogP contribution >= 0.6 is 0 Å². The monoisotopic (exact) mass is 267 g/mol. The molecule has 1 atom stereocenters. The second kappa shape index (κ2) is 8.77. The third-order valence-corrected chi connectivity index (χ3v) is 2.83. The van der Waals surface area contributed by atoms with Crippen molar-refractivity contribution in [3.8, 4) is 11.5 Å². The minimum atomic E-state index is -0.132. The van der Waals surface area contributed by atoms with Crippen LogP contribution in [0.3, 0.4) is 0 Å². The van der Waals surface area contributed by atoms with Gasteiger partial charge in [-0.1, -0.05) is 19.4 Å². The Balaban J connectivity index is 2.53. The fraction of sp³-hybridized carbons (Fsp3) is 0.600. The van der Waals surface area contributed by atoms with E-state index in [9.17, 15) is 0 Å². The number of nitrogens with two attached hydrogens (primary N) is 1. The van der Waals surface area contributed by atoms with Gasteiger partial charge in [-0.25, -0.2) is 0 Å². The molecule has 2 N–H and O–H groups in total. The van der Waals surface area contributed by atoms with E-state index in [1.54, 1.807) is 7.11 Å². The topological polar surface area (TPSA) is 53.7 Å². The van der Waals surface area contributed by atoms with E-state index < -0.39 is 0 Å². The van der Waals surface area contributed by atoms with Crippen molar-refractivity contribution in [2.24, 2.45) is 5.73 Å². The summed E-state index contributed by atoms with van der Waals surface area (Å²) in [5.41, 5.74) is 6.87. The Kier molecular flexibility index (Phi) is 7.30. The van der Waals surface area contributed by atoms with Crippen LogP contribution < -0.4 is 15.2 Å². The van der Waals surface area contributed by atoms with Gasteiger partial charge in [0.05, 0.1) is 19.3 Å². The standard InChI is InChI=1S/C15H25NO3/c1-4-5-9-18-10-11-19-14-8-6-7-13(17-3)15(14)12(2)16/h6-8,12H,4-5,9-11,16H2,1-3H3/t12-/m0/s1. The molecule has 19 heavy (non-hydrogen) atoms. The first-order chi connectivity index (χ1) is 9.20. The minimum Gasteiger partial charge on any atom is -0.496 e. The summed E-state index contributed by atoms with van der Waals surface area (Å²) < 4.78 is 16.5. The van der Waals surface area contributed by atoms with Gasteiger partial charge in [-0.05, 0) is 25.5 Å². The van der Waals surface area contributed by atoms with Crippen molar-refractivity contribution < 1.29 is 14.2 Å². The summed E-state index contributed by atoms with van der Waals surface area (Å²) in [6, 6.07) is 5.57. The lowest BCUT2D eigenvalue weighted by Gasteiger charge is -2.17. The Bertz CT molecular complexity index is 366. The fourth-order valence-electron chi connectivity index (χ4n) is 1.84. The molecule has 0 spiro atoms. The lowest BCUT2D eigenvalue weighted by molar-refractivity contribution is 0.0975. The van der Waals surface area contributed by atoms with Crippen LogP contribution in [0.4, 0.5) is 0 Å². The third-order valence-electron chi connectivity index (χ3n) is 2.83. The normalized spacial score (nSPS) is 12.2. The number of methoxy groups -OCH3 is 1. The molecule has 0 unspecified atom stereocenters. The molecule has 0 heterocycles. The van der Waals surface area contributed by atoms with Crippen LogP contribution in [-0.4, -0.2) is 26.9 Å². The highest BCUT2D eigenvalue weighted by molar-refractivity contribution is 5.46. The highest BCUT2D eigenvalue weighted by Gasteiger charge is 2.13. The van der Waals surface area contributed by atoms with Crippen molar-refractivity contribution >= 4 is 0 Å². The maximum Gasteiger partial charge on any atom is 0.127 e. The van der Waals surface area contributed by atoms with Crippen molar-refractivity contribution in [3.05, 3.63) is 23.8 Å². The molecule has 0 fully saturated rings. The number of hydrogen-bond acceptors (Lipinski definition) is 4. The summed E-state index contributed by atoms with van der Waals surface area (Å²) >= 11 is 0. The zero-order valence-electron chi connectivity index (χ0n) is 12.1. The summed E-state index contributed by atoms with van der Waals surface area (Å²) in [6.07, 6.45) is 2.23. The quantitative estimate of drug-likeness (QED) is 0.699. The Hall–Kier alpha value is -1.26. The van der Waals surface area contributed by atoms with Crippen LogP contribution in [0.2, 0.25) is 0 Å². The van der Waals surface area contributed by atoms with Crippen LogP contribution in [0.5, 0.6) is 11.5 Å². The smallest absolute Gasteiger partial charge is 0.127 e. The van der Waals surface area contributed by atoms with Gasteiger partial charge < -0.3 is 19.9 Å². The number of hydrogen-bond donors (Lipinski definition) is 1. The predicted molar refractivity (Wildman–Crippen MR) is 76.8 cm³/mol. The van der Waals surface area contributed by atoms with E-state index in [4.69, 9.17) is 19.9 Å². The van der Waals surface area contributed by atoms with Crippen LogP contribution in [0.15, 0.2) is 18.2 Å². The second-order valence-corrected chi connectivity index (χ2v) is 4.48. The van der Waals surface area contributed by atoms with Crippen LogP contribution in [0, 0.1) is 0 Å². The van der Waals surface area contributed by atoms with Crippen molar-refractivity contribution in [1.82, 2.24) is 0 Å². The summed E-state index contributed by atoms with van der Waals surface area (Å²) in [5, 5.41) is 0. The van der Waals surface area contributed by atoms with Gasteiger partial charge >= 0.3 is 0 Å². The molecule has 0 radical (unpaired) electrons. The molecule has 0 aliphatic heterocycles. The van der Waals surface area contributed by atoms with E-state index in [2.05, 4.69) is 6.92 Å². The zero-order valence-corrected chi connectivity index (χ0v) is 12.1. The fourth-order valence-corrected chi connectivity index (χ4v) is 1.84. The molecule has 108 valence electrons. The average Bonchev–Trinajstić information content (AvgIpc) is 2.42. The van der Waals surface area contributed by atoms with Gasteiger partial charge in [0, 0.05) is 12.6 Å². The van der Waals surface area contributed by atoms with E-state index in [1.807, 2.05) is 25.1 Å². The van der Waals surface area contributed by atoms with Gasteiger partial charge in [-0.15, -0.1) is 0 Å². The first kappa shape index (κ1) is 15.8. The van der Waals surface area contributed by atoms with Crippen molar-refractivity contribution in [2.45, 2.75) is 32.7 Å². The van der Waals surface area contributed by atoms with Gasteiger partial charge in [0.1, 0.15) is 18.1 Å². The molecule has 4 nitrogen and oxygen atoms in total. The molecule has 0 aliphatic carbocycles. The van der Waals surface area contributed by atoms with Crippen LogP contribution in [0.25, 0.3) is 0 Å². The molecule has 0 bridgehead atoms. The van der Waals surface area contributed by atoms with Crippen molar-refractivity contribution in [1.29, 1.82) is 0 Å². The van der Waals surface area contributed by atoms with E-state index in [-0.39, 0.29) is 6.04 Å². The SMILES string of the molecule is CCCCOCCOc1cccc(OC)c1[C@H](C)N. The summed E-state index contributed by atoms with van der Waals surface area (Å²) in [7, 11) is 1.64. The van der Waals surface area contributed by atoms with E-state index in [0.717, 1.165) is 36.5 Å². The van der Waals surface area contributed by atoms with Gasteiger partial charge in [-0.3, -0.25) is 0 Å². The first-order valence-electron chi connectivity index (χ1n) is 6.83. The van der Waals surface area contributed by atoms with Gasteiger partial charge in [0.2, 0.25) is 0 Å². The Labute approximate surface area is 115 Å². The lowest BCUT2D eigenvalue weighted by atomic mass is 10.1. The Morgan fingerprint density at radius 2 is 1.89 bits per heavy atom. The largest absolute Gasteiger partial charge is 0.496 e. The second-order valence-electron chi connectivity index (χ2n) is 4.48.